The summed E-state index contributed by atoms with van der Waals surface area (Å²) in [7, 11) is 0. The fourth-order valence-electron chi connectivity index (χ4n) is 1.18. The molecule has 0 aliphatic rings. The Kier molecular flexibility index (Phi) is 4.36. The third-order valence-electron chi connectivity index (χ3n) is 1.89. The molecule has 14 heavy (non-hydrogen) atoms. The maximum Gasteiger partial charge on any atom is 0.0273 e. The lowest BCUT2D eigenvalue weighted by Crippen LogP contribution is -1.91. The van der Waals surface area contributed by atoms with Crippen LogP contribution in [0.25, 0.3) is 0 Å². The molecule has 0 saturated carbocycles. The lowest BCUT2D eigenvalue weighted by Gasteiger charge is -1.97. The topological polar surface area (TPSA) is 26.0 Å². The van der Waals surface area contributed by atoms with E-state index >= 15 is 0 Å². The summed E-state index contributed by atoms with van der Waals surface area (Å²) in [6.07, 6.45) is 6.55. The minimum Gasteiger partial charge on any atom is -0.326 e. The summed E-state index contributed by atoms with van der Waals surface area (Å²) < 4.78 is 0. The van der Waals surface area contributed by atoms with E-state index in [1.807, 2.05) is 12.2 Å². The highest BCUT2D eigenvalue weighted by Gasteiger charge is 1.99. The van der Waals surface area contributed by atoms with Crippen LogP contribution in [0.5, 0.6) is 0 Å². The first-order valence-corrected chi connectivity index (χ1v) is 5.33. The lowest BCUT2D eigenvalue weighted by molar-refractivity contribution is 1.11. The smallest absolute Gasteiger partial charge is 0.0273 e. The molecule has 1 heterocycles. The first kappa shape index (κ1) is 11.0. The minimum atomic E-state index is 0.624. The van der Waals surface area contributed by atoms with E-state index in [9.17, 15) is 0 Å². The van der Waals surface area contributed by atoms with Crippen LogP contribution in [-0.2, 0) is 13.0 Å². The molecule has 2 N–H and O–H groups in total. The second-order valence-corrected chi connectivity index (χ2v) is 4.18. The Morgan fingerprint density at radius 2 is 2.07 bits per heavy atom. The zero-order valence-corrected chi connectivity index (χ0v) is 9.02. The van der Waals surface area contributed by atoms with Crippen LogP contribution in [0.3, 0.4) is 0 Å². The van der Waals surface area contributed by atoms with Gasteiger partial charge >= 0.3 is 0 Å². The van der Waals surface area contributed by atoms with Crippen molar-refractivity contribution in [2.45, 2.75) is 13.0 Å². The van der Waals surface area contributed by atoms with E-state index in [1.54, 1.807) is 17.4 Å². The van der Waals surface area contributed by atoms with Crippen LogP contribution in [0.15, 0.2) is 49.1 Å². The molecule has 1 nitrogen and oxygen atoms in total. The van der Waals surface area contributed by atoms with Gasteiger partial charge in [0.2, 0.25) is 0 Å². The van der Waals surface area contributed by atoms with E-state index in [1.165, 1.54) is 15.3 Å². The fourth-order valence-corrected chi connectivity index (χ4v) is 2.11. The molecule has 0 saturated heterocycles. The molecule has 74 valence electrons. The summed E-state index contributed by atoms with van der Waals surface area (Å²) in [6, 6.07) is 4.20. The van der Waals surface area contributed by atoms with Gasteiger partial charge in [-0.25, -0.2) is 0 Å². The van der Waals surface area contributed by atoms with Gasteiger partial charge in [-0.1, -0.05) is 31.4 Å². The highest BCUT2D eigenvalue weighted by atomic mass is 32.1. The van der Waals surface area contributed by atoms with E-state index in [-0.39, 0.29) is 0 Å². The number of nitrogens with two attached hydrogens (primary N) is 1. The first-order valence-electron chi connectivity index (χ1n) is 4.52. The number of rotatable bonds is 5. The predicted octanol–water partition coefficient (Wildman–Crippen LogP) is 3.05. The number of thiophene rings is 1. The van der Waals surface area contributed by atoms with Gasteiger partial charge < -0.3 is 5.73 Å². The minimum absolute atomic E-state index is 0.624. The maximum absolute atomic E-state index is 5.54. The first-order chi connectivity index (χ1) is 6.80. The largest absolute Gasteiger partial charge is 0.326 e. The Bertz CT molecular complexity index is 347. The van der Waals surface area contributed by atoms with Crippen molar-refractivity contribution in [1.29, 1.82) is 0 Å². The highest BCUT2D eigenvalue weighted by molar-refractivity contribution is 7.12. The zero-order valence-electron chi connectivity index (χ0n) is 8.20. The fraction of sp³-hybridized carbons (Fsp3) is 0.167. The lowest BCUT2D eigenvalue weighted by atomic mass is 10.1. The highest BCUT2D eigenvalue weighted by Crippen LogP contribution is 2.19. The van der Waals surface area contributed by atoms with Gasteiger partial charge in [0, 0.05) is 22.7 Å². The normalized spacial score (nSPS) is 11.4. The van der Waals surface area contributed by atoms with Crippen molar-refractivity contribution in [3.8, 4) is 0 Å². The average Bonchev–Trinajstić information content (AvgIpc) is 2.65. The monoisotopic (exact) mass is 205 g/mol. The van der Waals surface area contributed by atoms with Crippen LogP contribution in [0, 0.1) is 0 Å². The van der Waals surface area contributed by atoms with Gasteiger partial charge in [-0.2, -0.15) is 0 Å². The van der Waals surface area contributed by atoms with E-state index in [2.05, 4.69) is 25.3 Å². The van der Waals surface area contributed by atoms with Crippen molar-refractivity contribution in [3.05, 3.63) is 58.8 Å². The van der Waals surface area contributed by atoms with Crippen LogP contribution in [0.2, 0.25) is 0 Å². The maximum atomic E-state index is 5.54. The van der Waals surface area contributed by atoms with Crippen molar-refractivity contribution >= 4 is 11.3 Å². The van der Waals surface area contributed by atoms with E-state index in [0.717, 1.165) is 6.42 Å². The predicted molar refractivity (Wildman–Crippen MR) is 64.4 cm³/mol. The number of hydrogen-bond acceptors (Lipinski definition) is 2. The standard InChI is InChI=1S/C12H15NS/c1-3-5-10(4-2)8-11-6-7-12(9-13)14-11/h3-7H,1-2,8-9,13H2/b10-5+. The van der Waals surface area contributed by atoms with Crippen LogP contribution in [0.1, 0.15) is 9.75 Å². The number of allylic oxidation sites excluding steroid dienone is 4. The van der Waals surface area contributed by atoms with Gasteiger partial charge in [0.1, 0.15) is 0 Å². The summed E-state index contributed by atoms with van der Waals surface area (Å²) in [4.78, 5) is 2.54. The molecule has 0 unspecified atom stereocenters. The molecule has 0 radical (unpaired) electrons. The molecule has 0 amide bonds. The molecule has 0 bridgehead atoms. The van der Waals surface area contributed by atoms with Crippen molar-refractivity contribution in [1.82, 2.24) is 0 Å². The Labute approximate surface area is 89.3 Å². The zero-order chi connectivity index (χ0) is 10.4. The quantitative estimate of drug-likeness (QED) is 0.735. The SMILES string of the molecule is C=C/C=C(\C=C)Cc1ccc(CN)s1. The molecule has 1 rings (SSSR count). The summed E-state index contributed by atoms with van der Waals surface area (Å²) in [5.74, 6) is 0. The van der Waals surface area contributed by atoms with Crippen molar-refractivity contribution in [2.24, 2.45) is 5.73 Å². The van der Waals surface area contributed by atoms with Gasteiger partial charge in [0.15, 0.2) is 0 Å². The third kappa shape index (κ3) is 2.98. The molecule has 1 aromatic heterocycles. The van der Waals surface area contributed by atoms with Crippen LogP contribution >= 0.6 is 11.3 Å². The third-order valence-corrected chi connectivity index (χ3v) is 3.00. The van der Waals surface area contributed by atoms with Crippen LogP contribution in [-0.4, -0.2) is 0 Å². The molecule has 0 fully saturated rings. The molecular weight excluding hydrogens is 190 g/mol. The van der Waals surface area contributed by atoms with Gasteiger partial charge in [0.25, 0.3) is 0 Å². The van der Waals surface area contributed by atoms with Gasteiger partial charge in [-0.3, -0.25) is 0 Å². The molecule has 1 aromatic rings. The van der Waals surface area contributed by atoms with Gasteiger partial charge in [0.05, 0.1) is 0 Å². The molecular formula is C12H15NS. The molecule has 0 aromatic carbocycles. The Morgan fingerprint density at radius 3 is 2.57 bits per heavy atom. The van der Waals surface area contributed by atoms with Crippen LogP contribution < -0.4 is 5.73 Å². The molecule has 0 atom stereocenters. The van der Waals surface area contributed by atoms with E-state index in [4.69, 9.17) is 5.73 Å². The van der Waals surface area contributed by atoms with E-state index in [0.29, 0.717) is 6.54 Å². The van der Waals surface area contributed by atoms with Gasteiger partial charge in [-0.05, 0) is 17.7 Å². The Balaban J connectivity index is 2.71. The summed E-state index contributed by atoms with van der Waals surface area (Å²) in [6.45, 7) is 8.06. The Hall–Kier alpha value is -1.12. The van der Waals surface area contributed by atoms with Crippen LogP contribution in [0.4, 0.5) is 0 Å². The summed E-state index contributed by atoms with van der Waals surface area (Å²) >= 11 is 1.75. The second kappa shape index (κ2) is 5.58. The summed E-state index contributed by atoms with van der Waals surface area (Å²) in [5.41, 5.74) is 6.73. The average molecular weight is 205 g/mol. The Morgan fingerprint density at radius 1 is 1.36 bits per heavy atom. The van der Waals surface area contributed by atoms with Gasteiger partial charge in [-0.15, -0.1) is 11.3 Å². The van der Waals surface area contributed by atoms with Crippen molar-refractivity contribution in [2.75, 3.05) is 0 Å². The summed E-state index contributed by atoms with van der Waals surface area (Å²) in [5, 5.41) is 0. The second-order valence-electron chi connectivity index (χ2n) is 2.93. The van der Waals surface area contributed by atoms with Crippen molar-refractivity contribution < 1.29 is 0 Å². The van der Waals surface area contributed by atoms with E-state index < -0.39 is 0 Å². The molecule has 0 aliphatic heterocycles. The number of hydrogen-bond donors (Lipinski definition) is 1. The molecule has 0 aliphatic carbocycles. The van der Waals surface area contributed by atoms with Crippen molar-refractivity contribution in [3.63, 3.8) is 0 Å². The molecule has 2 heteroatoms. The molecule has 0 spiro atoms.